The van der Waals surface area contributed by atoms with Crippen LogP contribution < -0.4 is 10.6 Å². The number of rotatable bonds is 8. The van der Waals surface area contributed by atoms with E-state index in [1.807, 2.05) is 6.07 Å². The van der Waals surface area contributed by atoms with Crippen LogP contribution in [0, 0.1) is 17.1 Å². The zero-order chi connectivity index (χ0) is 23.6. The first-order chi connectivity index (χ1) is 15.0. The number of piperidine rings is 1. The van der Waals surface area contributed by atoms with Crippen molar-refractivity contribution in [2.75, 3.05) is 18.8 Å². The van der Waals surface area contributed by atoms with E-state index in [1.54, 1.807) is 0 Å². The maximum atomic E-state index is 13.8. The van der Waals surface area contributed by atoms with Crippen molar-refractivity contribution in [1.29, 1.82) is 5.26 Å². The van der Waals surface area contributed by atoms with Gasteiger partial charge in [-0.2, -0.15) is 18.4 Å². The van der Waals surface area contributed by atoms with E-state index in [2.05, 4.69) is 10.6 Å². The lowest BCUT2D eigenvalue weighted by Gasteiger charge is -2.31. The molecule has 0 radical (unpaired) electrons. The number of amides is 1. The molecule has 2 N–H and O–H groups in total. The summed E-state index contributed by atoms with van der Waals surface area (Å²) in [5, 5.41) is 13.7. The first kappa shape index (κ1) is 24.4. The largest absolute Gasteiger partial charge is 0.407 e. The minimum atomic E-state index is -4.89. The second-order valence-electron chi connectivity index (χ2n) is 8.17. The molecule has 0 bridgehead atoms. The van der Waals surface area contributed by atoms with Crippen LogP contribution in [-0.2, 0) is 14.8 Å². The van der Waals surface area contributed by atoms with E-state index in [1.165, 1.54) is 4.31 Å². The molecule has 176 valence electrons. The van der Waals surface area contributed by atoms with Crippen molar-refractivity contribution in [1.82, 2.24) is 14.9 Å². The number of benzene rings is 1. The van der Waals surface area contributed by atoms with Crippen LogP contribution in [0.2, 0.25) is 0 Å². The molecule has 1 aliphatic carbocycles. The van der Waals surface area contributed by atoms with E-state index < -0.39 is 51.3 Å². The van der Waals surface area contributed by atoms with E-state index >= 15 is 0 Å². The maximum Gasteiger partial charge on any atom is 0.407 e. The van der Waals surface area contributed by atoms with Gasteiger partial charge in [0.1, 0.15) is 23.4 Å². The molecular weight excluding hydrogens is 452 g/mol. The number of nitriles is 1. The lowest BCUT2D eigenvalue weighted by Crippen LogP contribution is -2.55. The van der Waals surface area contributed by atoms with Crippen LogP contribution in [0.3, 0.4) is 0 Å². The molecule has 0 unspecified atom stereocenters. The van der Waals surface area contributed by atoms with Crippen LogP contribution in [0.4, 0.5) is 17.6 Å². The van der Waals surface area contributed by atoms with Gasteiger partial charge in [-0.15, -0.1) is 0 Å². The zero-order valence-electron chi connectivity index (χ0n) is 17.2. The van der Waals surface area contributed by atoms with Gasteiger partial charge in [0.25, 0.3) is 0 Å². The normalized spacial score (nSPS) is 20.7. The summed E-state index contributed by atoms with van der Waals surface area (Å²) in [7, 11) is -4.05. The summed E-state index contributed by atoms with van der Waals surface area (Å²) >= 11 is 0. The number of alkyl halides is 3. The topological polar surface area (TPSA) is 102 Å². The van der Waals surface area contributed by atoms with E-state index in [-0.39, 0.29) is 18.7 Å². The molecule has 0 spiro atoms. The quantitative estimate of drug-likeness (QED) is 0.561. The Labute approximate surface area is 183 Å². The minimum absolute atomic E-state index is 0.236. The summed E-state index contributed by atoms with van der Waals surface area (Å²) in [6, 6.07) is 1.27. The second kappa shape index (κ2) is 9.33. The summed E-state index contributed by atoms with van der Waals surface area (Å²) < 4.78 is 81.6. The van der Waals surface area contributed by atoms with Gasteiger partial charge in [0, 0.05) is 13.1 Å². The summed E-state index contributed by atoms with van der Waals surface area (Å²) in [4.78, 5) is 12.8. The Kier molecular flexibility index (Phi) is 7.12. The van der Waals surface area contributed by atoms with Gasteiger partial charge in [-0.05, 0) is 43.4 Å². The summed E-state index contributed by atoms with van der Waals surface area (Å²) in [5.41, 5.74) is -1.55. The van der Waals surface area contributed by atoms with Crippen LogP contribution in [0.15, 0.2) is 24.3 Å². The fourth-order valence-corrected chi connectivity index (χ4v) is 5.30. The van der Waals surface area contributed by atoms with Crippen LogP contribution in [0.25, 0.3) is 0 Å². The number of halogens is 4. The standard InChI is InChI=1S/C20H24F4N4O3S/c21-15-6-4-14(5-7-15)17(20(22,23)24)26-16(18(29)27-19(13-25)8-9-19)12-32(30,31)28-10-2-1-3-11-28/h4-7,16-17,26H,1-3,8-12H2,(H,27,29)/t16-,17-/m0/s1. The van der Waals surface area contributed by atoms with Crippen LogP contribution >= 0.6 is 0 Å². The molecule has 1 saturated heterocycles. The fraction of sp³-hybridized carbons (Fsp3) is 0.600. The Morgan fingerprint density at radius 2 is 1.75 bits per heavy atom. The van der Waals surface area contributed by atoms with Crippen molar-refractivity contribution in [3.8, 4) is 6.07 Å². The molecule has 0 aromatic heterocycles. The summed E-state index contributed by atoms with van der Waals surface area (Å²) in [6.07, 6.45) is -2.12. The van der Waals surface area contributed by atoms with Gasteiger partial charge in [-0.1, -0.05) is 18.6 Å². The van der Waals surface area contributed by atoms with Gasteiger partial charge in [0.05, 0.1) is 11.8 Å². The molecule has 32 heavy (non-hydrogen) atoms. The fourth-order valence-electron chi connectivity index (χ4n) is 3.61. The molecular formula is C20H24F4N4O3S. The highest BCUT2D eigenvalue weighted by atomic mass is 32.2. The molecule has 3 rings (SSSR count). The average molecular weight is 476 g/mol. The van der Waals surface area contributed by atoms with Crippen molar-refractivity contribution in [2.45, 2.75) is 55.9 Å². The number of nitrogens with zero attached hydrogens (tertiary/aromatic N) is 2. The Bertz CT molecular complexity index is 966. The Morgan fingerprint density at radius 3 is 2.25 bits per heavy atom. The number of hydrogen-bond acceptors (Lipinski definition) is 5. The monoisotopic (exact) mass is 476 g/mol. The lowest BCUT2D eigenvalue weighted by molar-refractivity contribution is -0.160. The molecule has 1 heterocycles. The van der Waals surface area contributed by atoms with Gasteiger partial charge in [0.15, 0.2) is 0 Å². The van der Waals surface area contributed by atoms with Gasteiger partial charge < -0.3 is 5.32 Å². The smallest absolute Gasteiger partial charge is 0.336 e. The SMILES string of the molecule is N#CC1(NC(=O)[C@H](CS(=O)(=O)N2CCCCC2)N[C@@H](c2ccc(F)cc2)C(F)(F)F)CC1. The van der Waals surface area contributed by atoms with Gasteiger partial charge in [-0.3, -0.25) is 10.1 Å². The van der Waals surface area contributed by atoms with Crippen molar-refractivity contribution < 1.29 is 30.8 Å². The molecule has 1 saturated carbocycles. The number of sulfonamides is 1. The summed E-state index contributed by atoms with van der Waals surface area (Å²) in [5.74, 6) is -2.63. The molecule has 1 aromatic carbocycles. The predicted octanol–water partition coefficient (Wildman–Crippen LogP) is 2.38. The molecule has 2 aliphatic rings. The molecule has 1 aliphatic heterocycles. The molecule has 1 amide bonds. The first-order valence-electron chi connectivity index (χ1n) is 10.3. The first-order valence-corrected chi connectivity index (χ1v) is 11.9. The van der Waals surface area contributed by atoms with Gasteiger partial charge in [-0.25, -0.2) is 17.1 Å². The third-order valence-corrected chi connectivity index (χ3v) is 7.53. The van der Waals surface area contributed by atoms with Crippen molar-refractivity contribution in [2.24, 2.45) is 0 Å². The second-order valence-corrected chi connectivity index (χ2v) is 10.2. The van der Waals surface area contributed by atoms with Crippen molar-refractivity contribution in [3.63, 3.8) is 0 Å². The zero-order valence-corrected chi connectivity index (χ0v) is 18.0. The highest BCUT2D eigenvalue weighted by Crippen LogP contribution is 2.36. The summed E-state index contributed by atoms with van der Waals surface area (Å²) in [6.45, 7) is 0.471. The molecule has 2 fully saturated rings. The number of hydrogen-bond donors (Lipinski definition) is 2. The molecule has 7 nitrogen and oxygen atoms in total. The van der Waals surface area contributed by atoms with Crippen LogP contribution in [-0.4, -0.2) is 55.2 Å². The van der Waals surface area contributed by atoms with E-state index in [4.69, 9.17) is 0 Å². The van der Waals surface area contributed by atoms with Crippen molar-refractivity contribution in [3.05, 3.63) is 35.6 Å². The van der Waals surface area contributed by atoms with Crippen molar-refractivity contribution >= 4 is 15.9 Å². The van der Waals surface area contributed by atoms with E-state index in [0.29, 0.717) is 25.7 Å². The Balaban J connectivity index is 1.88. The Morgan fingerprint density at radius 1 is 1.16 bits per heavy atom. The molecule has 2 atom stereocenters. The highest BCUT2D eigenvalue weighted by molar-refractivity contribution is 7.89. The highest BCUT2D eigenvalue weighted by Gasteiger charge is 2.48. The third-order valence-electron chi connectivity index (χ3n) is 5.63. The third kappa shape index (κ3) is 5.96. The molecule has 1 aromatic rings. The average Bonchev–Trinajstić information content (AvgIpc) is 3.51. The van der Waals surface area contributed by atoms with Crippen LogP contribution in [0.1, 0.15) is 43.7 Å². The van der Waals surface area contributed by atoms with E-state index in [9.17, 15) is 36.0 Å². The molecule has 12 heteroatoms. The van der Waals surface area contributed by atoms with Gasteiger partial charge in [0.2, 0.25) is 15.9 Å². The minimum Gasteiger partial charge on any atom is -0.336 e. The maximum absolute atomic E-state index is 13.8. The van der Waals surface area contributed by atoms with E-state index in [0.717, 1.165) is 30.7 Å². The Hall–Kier alpha value is -2.23. The lowest BCUT2D eigenvalue weighted by atomic mass is 10.0. The predicted molar refractivity (Wildman–Crippen MR) is 107 cm³/mol. The number of nitrogens with one attached hydrogen (secondary N) is 2. The number of carbonyl (C=O) groups excluding carboxylic acids is 1. The van der Waals surface area contributed by atoms with Gasteiger partial charge >= 0.3 is 6.18 Å². The number of carbonyl (C=O) groups is 1. The van der Waals surface area contributed by atoms with Crippen LogP contribution in [0.5, 0.6) is 0 Å².